The van der Waals surface area contributed by atoms with Crippen LogP contribution in [0, 0.1) is 6.92 Å². The van der Waals surface area contributed by atoms with E-state index in [-0.39, 0.29) is 0 Å². The minimum absolute atomic E-state index is 0.328. The lowest BCUT2D eigenvalue weighted by molar-refractivity contribution is 0.591. The summed E-state index contributed by atoms with van der Waals surface area (Å²) in [6.07, 6.45) is 2.87. The Labute approximate surface area is 154 Å². The average Bonchev–Trinajstić information content (AvgIpc) is 2.78. The molecule has 0 spiro atoms. The second kappa shape index (κ2) is 6.02. The van der Waals surface area contributed by atoms with Crippen LogP contribution in [0.25, 0.3) is 10.9 Å². The van der Waals surface area contributed by atoms with Gasteiger partial charge in [-0.15, -0.1) is 0 Å². The van der Waals surface area contributed by atoms with Crippen LogP contribution in [0.1, 0.15) is 18.1 Å². The fourth-order valence-corrected chi connectivity index (χ4v) is 5.22. The van der Waals surface area contributed by atoms with Crippen molar-refractivity contribution in [2.45, 2.75) is 25.2 Å². The number of para-hydroxylation sites is 1. The molecule has 4 nitrogen and oxygen atoms in total. The maximum Gasteiger partial charge on any atom is 0.265 e. The average molecular weight is 366 g/mol. The third kappa shape index (κ3) is 2.54. The van der Waals surface area contributed by atoms with Crippen molar-refractivity contribution in [3.8, 4) is 0 Å². The van der Waals surface area contributed by atoms with Crippen LogP contribution in [-0.2, 0) is 23.5 Å². The van der Waals surface area contributed by atoms with E-state index in [4.69, 9.17) is 0 Å². The maximum absolute atomic E-state index is 13.5. The van der Waals surface area contributed by atoms with Crippen molar-refractivity contribution < 1.29 is 8.42 Å². The molecule has 0 bridgehead atoms. The van der Waals surface area contributed by atoms with Gasteiger partial charge in [-0.2, -0.15) is 0 Å². The Hall–Kier alpha value is -2.53. The minimum atomic E-state index is -3.65. The molecule has 1 aliphatic heterocycles. The van der Waals surface area contributed by atoms with E-state index in [1.54, 1.807) is 16.4 Å². The summed E-state index contributed by atoms with van der Waals surface area (Å²) in [5.74, 6) is 0.764. The molecular formula is C21H22N2O2S. The van der Waals surface area contributed by atoms with E-state index in [0.717, 1.165) is 39.8 Å². The molecule has 1 aromatic heterocycles. The van der Waals surface area contributed by atoms with Crippen LogP contribution < -0.4 is 4.31 Å². The zero-order valence-corrected chi connectivity index (χ0v) is 16.0. The van der Waals surface area contributed by atoms with Gasteiger partial charge in [-0.05, 0) is 38.5 Å². The molecular weight excluding hydrogens is 344 g/mol. The second-order valence-corrected chi connectivity index (χ2v) is 8.82. The monoisotopic (exact) mass is 366 g/mol. The number of hydrogen-bond donors (Lipinski definition) is 0. The van der Waals surface area contributed by atoms with Crippen molar-refractivity contribution in [2.75, 3.05) is 10.8 Å². The van der Waals surface area contributed by atoms with Crippen molar-refractivity contribution in [1.29, 1.82) is 0 Å². The van der Waals surface area contributed by atoms with Gasteiger partial charge in [0.25, 0.3) is 10.0 Å². The number of allylic oxidation sites excluding steroid dienone is 1. The summed E-state index contributed by atoms with van der Waals surface area (Å²) in [7, 11) is -1.70. The summed E-state index contributed by atoms with van der Waals surface area (Å²) in [5.41, 5.74) is 4.22. The van der Waals surface area contributed by atoms with Crippen molar-refractivity contribution in [1.82, 2.24) is 4.57 Å². The first-order chi connectivity index (χ1) is 12.4. The van der Waals surface area contributed by atoms with Gasteiger partial charge in [-0.25, -0.2) is 12.7 Å². The third-order valence-corrected chi connectivity index (χ3v) is 6.82. The molecule has 0 aliphatic carbocycles. The van der Waals surface area contributed by atoms with Crippen molar-refractivity contribution in [3.63, 3.8) is 0 Å². The summed E-state index contributed by atoms with van der Waals surface area (Å²) in [6, 6.07) is 15.2. The zero-order valence-electron chi connectivity index (χ0n) is 15.2. The number of hydrogen-bond acceptors (Lipinski definition) is 2. The van der Waals surface area contributed by atoms with Crippen molar-refractivity contribution in [2.24, 2.45) is 7.05 Å². The van der Waals surface area contributed by atoms with E-state index in [1.165, 1.54) is 0 Å². The number of sulfonamides is 1. The molecule has 0 saturated carbocycles. The molecule has 5 heteroatoms. The van der Waals surface area contributed by atoms with E-state index in [9.17, 15) is 8.42 Å². The Morgan fingerprint density at radius 3 is 2.38 bits per heavy atom. The van der Waals surface area contributed by atoms with E-state index in [0.29, 0.717) is 11.4 Å². The molecule has 0 radical (unpaired) electrons. The van der Waals surface area contributed by atoms with Gasteiger partial charge in [0.15, 0.2) is 0 Å². The molecule has 0 saturated heterocycles. The van der Waals surface area contributed by atoms with Gasteiger partial charge in [0.1, 0.15) is 5.82 Å². The van der Waals surface area contributed by atoms with E-state index < -0.39 is 10.0 Å². The first-order valence-electron chi connectivity index (χ1n) is 8.71. The Balaban J connectivity index is 1.98. The first kappa shape index (κ1) is 16.9. The molecule has 2 heterocycles. The molecule has 26 heavy (non-hydrogen) atoms. The van der Waals surface area contributed by atoms with Crippen molar-refractivity contribution >= 4 is 26.7 Å². The lowest BCUT2D eigenvalue weighted by atomic mass is 10.1. The second-order valence-electron chi connectivity index (χ2n) is 6.96. The van der Waals surface area contributed by atoms with Gasteiger partial charge in [0.2, 0.25) is 0 Å². The Morgan fingerprint density at radius 2 is 1.65 bits per heavy atom. The third-order valence-electron chi connectivity index (χ3n) is 5.07. The number of benzene rings is 2. The summed E-state index contributed by atoms with van der Waals surface area (Å²) in [5, 5.41) is 1.11. The number of aromatic nitrogens is 1. The lowest BCUT2D eigenvalue weighted by Gasteiger charge is -2.25. The van der Waals surface area contributed by atoms with Gasteiger partial charge in [0, 0.05) is 23.5 Å². The zero-order chi connectivity index (χ0) is 18.5. The van der Waals surface area contributed by atoms with Gasteiger partial charge in [-0.3, -0.25) is 0 Å². The predicted octanol–water partition coefficient (Wildman–Crippen LogP) is 4.18. The Kier molecular flexibility index (Phi) is 3.92. The molecule has 0 atom stereocenters. The van der Waals surface area contributed by atoms with Crippen LogP contribution in [0.2, 0.25) is 0 Å². The topological polar surface area (TPSA) is 42.3 Å². The number of fused-ring (bicyclic) bond motifs is 3. The smallest absolute Gasteiger partial charge is 0.265 e. The van der Waals surface area contributed by atoms with Gasteiger partial charge in [0.05, 0.1) is 11.4 Å². The molecule has 4 rings (SSSR count). The minimum Gasteiger partial charge on any atom is -0.330 e. The van der Waals surface area contributed by atoms with Crippen LogP contribution in [0.3, 0.4) is 0 Å². The van der Waals surface area contributed by atoms with Crippen LogP contribution in [0.4, 0.5) is 5.82 Å². The molecule has 0 fully saturated rings. The lowest BCUT2D eigenvalue weighted by Crippen LogP contribution is -2.34. The fraction of sp³-hybridized carbons (Fsp3) is 0.238. The van der Waals surface area contributed by atoms with Crippen LogP contribution >= 0.6 is 0 Å². The van der Waals surface area contributed by atoms with Crippen LogP contribution in [-0.4, -0.2) is 19.5 Å². The van der Waals surface area contributed by atoms with Gasteiger partial charge < -0.3 is 4.57 Å². The van der Waals surface area contributed by atoms with Crippen molar-refractivity contribution in [3.05, 3.63) is 71.3 Å². The van der Waals surface area contributed by atoms with Gasteiger partial charge in [-0.1, -0.05) is 47.5 Å². The highest BCUT2D eigenvalue weighted by Crippen LogP contribution is 2.37. The first-order valence-corrected chi connectivity index (χ1v) is 10.1. The Morgan fingerprint density at radius 1 is 0.962 bits per heavy atom. The highest BCUT2D eigenvalue weighted by Gasteiger charge is 2.31. The molecule has 2 aromatic carbocycles. The highest BCUT2D eigenvalue weighted by molar-refractivity contribution is 7.92. The predicted molar refractivity (Wildman–Crippen MR) is 106 cm³/mol. The molecule has 0 amide bonds. The highest BCUT2D eigenvalue weighted by atomic mass is 32.2. The molecule has 0 unspecified atom stereocenters. The standard InChI is InChI=1S/C21H22N2O2S/c1-15-8-11-17(12-9-15)26(24,25)23-14-16(2)10-13-19-18-6-4-5-7-20(18)22(3)21(19)23/h4-12H,13-14H2,1-3H3. The molecule has 1 aliphatic rings. The molecule has 0 N–H and O–H groups in total. The molecule has 134 valence electrons. The SMILES string of the molecule is CC1=CCc2c(n(C)c3ccccc23)N(S(=O)(=O)c2ccc(C)cc2)C1. The maximum atomic E-state index is 13.5. The number of nitrogens with zero attached hydrogens (tertiary/aromatic N) is 2. The number of rotatable bonds is 2. The van der Waals surface area contributed by atoms with E-state index >= 15 is 0 Å². The number of anilines is 1. The van der Waals surface area contributed by atoms with Gasteiger partial charge >= 0.3 is 0 Å². The quantitative estimate of drug-likeness (QED) is 0.639. The van der Waals surface area contributed by atoms with E-state index in [1.807, 2.05) is 55.8 Å². The number of aryl methyl sites for hydroxylation is 2. The summed E-state index contributed by atoms with van der Waals surface area (Å²) >= 11 is 0. The summed E-state index contributed by atoms with van der Waals surface area (Å²) in [4.78, 5) is 0.328. The van der Waals surface area contributed by atoms with E-state index in [2.05, 4.69) is 12.1 Å². The van der Waals surface area contributed by atoms with Crippen LogP contribution in [0.5, 0.6) is 0 Å². The van der Waals surface area contributed by atoms with Crippen LogP contribution in [0.15, 0.2) is 65.1 Å². The normalized spacial score (nSPS) is 14.9. The fourth-order valence-electron chi connectivity index (χ4n) is 3.66. The Bertz CT molecular complexity index is 1120. The largest absolute Gasteiger partial charge is 0.330 e. The molecule has 3 aromatic rings. The summed E-state index contributed by atoms with van der Waals surface area (Å²) in [6.45, 7) is 4.32. The summed E-state index contributed by atoms with van der Waals surface area (Å²) < 4.78 is 30.5.